The van der Waals surface area contributed by atoms with Gasteiger partial charge in [0.25, 0.3) is 0 Å². The van der Waals surface area contributed by atoms with Crippen LogP contribution in [0.25, 0.3) is 22.6 Å². The van der Waals surface area contributed by atoms with Gasteiger partial charge in [0.15, 0.2) is 0 Å². The van der Waals surface area contributed by atoms with Crippen LogP contribution in [0.15, 0.2) is 60.8 Å². The van der Waals surface area contributed by atoms with Crippen molar-refractivity contribution in [3.8, 4) is 40.5 Å². The van der Waals surface area contributed by atoms with Crippen LogP contribution in [0.3, 0.4) is 0 Å². The molecule has 0 radical (unpaired) electrons. The molecule has 4 aromatic rings. The summed E-state index contributed by atoms with van der Waals surface area (Å²) in [5, 5.41) is 17.7. The highest BCUT2D eigenvalue weighted by atomic mass is 19.1. The third kappa shape index (κ3) is 4.39. The van der Waals surface area contributed by atoms with Gasteiger partial charge in [0.2, 0.25) is 0 Å². The molecule has 0 N–H and O–H groups in total. The van der Waals surface area contributed by atoms with Crippen molar-refractivity contribution in [1.29, 1.82) is 5.26 Å². The Morgan fingerprint density at radius 1 is 1.10 bits per heavy atom. The summed E-state index contributed by atoms with van der Waals surface area (Å²) in [5.41, 5.74) is 2.62. The normalized spacial score (nSPS) is 10.6. The summed E-state index contributed by atoms with van der Waals surface area (Å²) in [4.78, 5) is 8.64. The van der Waals surface area contributed by atoms with E-state index in [1.807, 2.05) is 6.92 Å². The first kappa shape index (κ1) is 20.1. The van der Waals surface area contributed by atoms with Crippen molar-refractivity contribution < 1.29 is 13.9 Å². The molecule has 2 aromatic heterocycles. The van der Waals surface area contributed by atoms with Crippen molar-refractivity contribution in [3.63, 3.8) is 0 Å². The number of benzene rings is 2. The van der Waals surface area contributed by atoms with Crippen molar-refractivity contribution in [2.24, 2.45) is 0 Å². The number of aromatic nitrogens is 5. The number of hydrogen-bond acceptors (Lipinski definition) is 7. The lowest BCUT2D eigenvalue weighted by molar-refractivity contribution is 0.0790. The maximum atomic E-state index is 13.4. The molecule has 0 bridgehead atoms. The second kappa shape index (κ2) is 9.11. The Morgan fingerprint density at radius 2 is 1.90 bits per heavy atom. The zero-order valence-corrected chi connectivity index (χ0v) is 16.6. The number of rotatable bonds is 7. The van der Waals surface area contributed by atoms with Gasteiger partial charge in [-0.2, -0.15) is 10.2 Å². The summed E-state index contributed by atoms with van der Waals surface area (Å²) in [6, 6.07) is 16.6. The van der Waals surface area contributed by atoms with Gasteiger partial charge in [-0.3, -0.25) is 0 Å². The monoisotopic (exact) mass is 416 g/mol. The predicted octanol–water partition coefficient (Wildman–Crippen LogP) is 4.20. The lowest BCUT2D eigenvalue weighted by Crippen LogP contribution is -2.07. The van der Waals surface area contributed by atoms with Crippen LogP contribution >= 0.6 is 0 Å². The van der Waals surface area contributed by atoms with Crippen LogP contribution in [0.2, 0.25) is 0 Å². The molecule has 0 aliphatic heterocycles. The molecule has 2 aromatic carbocycles. The molecule has 2 heterocycles. The number of nitriles is 1. The summed E-state index contributed by atoms with van der Waals surface area (Å²) in [6.45, 7) is 2.53. The summed E-state index contributed by atoms with van der Waals surface area (Å²) >= 11 is 0. The van der Waals surface area contributed by atoms with E-state index in [2.05, 4.69) is 26.3 Å². The zero-order chi connectivity index (χ0) is 21.6. The molecular formula is C22H17FN6O2. The van der Waals surface area contributed by atoms with E-state index in [1.165, 1.54) is 12.1 Å². The molecule has 0 fully saturated rings. The van der Waals surface area contributed by atoms with Crippen LogP contribution in [-0.4, -0.2) is 31.6 Å². The number of para-hydroxylation sites is 1. The second-order valence-electron chi connectivity index (χ2n) is 6.35. The molecule has 154 valence electrons. The molecular weight excluding hydrogens is 399 g/mol. The van der Waals surface area contributed by atoms with E-state index in [0.29, 0.717) is 40.6 Å². The maximum absolute atomic E-state index is 13.4. The molecule has 0 saturated heterocycles. The Morgan fingerprint density at radius 3 is 2.68 bits per heavy atom. The quantitative estimate of drug-likeness (QED) is 0.445. The Bertz CT molecular complexity index is 1230. The number of halogens is 1. The molecule has 0 aliphatic carbocycles. The average Bonchev–Trinajstić information content (AvgIpc) is 3.22. The molecule has 0 spiro atoms. The van der Waals surface area contributed by atoms with Crippen molar-refractivity contribution in [1.82, 2.24) is 25.0 Å². The first-order chi connectivity index (χ1) is 15.2. The van der Waals surface area contributed by atoms with Gasteiger partial charge in [0.1, 0.15) is 35.8 Å². The van der Waals surface area contributed by atoms with Crippen molar-refractivity contribution in [2.75, 3.05) is 6.61 Å². The first-order valence-electron chi connectivity index (χ1n) is 9.47. The molecule has 0 unspecified atom stereocenters. The second-order valence-corrected chi connectivity index (χ2v) is 6.35. The van der Waals surface area contributed by atoms with Gasteiger partial charge < -0.3 is 9.47 Å². The molecule has 31 heavy (non-hydrogen) atoms. The minimum atomic E-state index is -0.346. The van der Waals surface area contributed by atoms with Crippen LogP contribution in [0.1, 0.15) is 12.5 Å². The van der Waals surface area contributed by atoms with E-state index in [4.69, 9.17) is 9.47 Å². The fourth-order valence-corrected chi connectivity index (χ4v) is 2.91. The third-order valence-electron chi connectivity index (χ3n) is 4.36. The van der Waals surface area contributed by atoms with Crippen LogP contribution in [0.5, 0.6) is 11.8 Å². The molecule has 9 heteroatoms. The van der Waals surface area contributed by atoms with E-state index in [1.54, 1.807) is 53.3 Å². The first-order valence-corrected chi connectivity index (χ1v) is 9.47. The minimum absolute atomic E-state index is 0.0643. The van der Waals surface area contributed by atoms with Gasteiger partial charge in [0.05, 0.1) is 11.3 Å². The van der Waals surface area contributed by atoms with E-state index in [9.17, 15) is 9.65 Å². The van der Waals surface area contributed by atoms with Gasteiger partial charge in [0, 0.05) is 18.4 Å². The van der Waals surface area contributed by atoms with E-state index >= 15 is 0 Å². The summed E-state index contributed by atoms with van der Waals surface area (Å²) in [5.74, 6) is 0.00254. The maximum Gasteiger partial charge on any atom is 0.322 e. The third-order valence-corrected chi connectivity index (χ3v) is 4.36. The molecule has 0 saturated carbocycles. The van der Waals surface area contributed by atoms with Crippen molar-refractivity contribution in [3.05, 3.63) is 72.2 Å². The Kier molecular flexibility index (Phi) is 5.91. The predicted molar refractivity (Wildman–Crippen MR) is 109 cm³/mol. The fourth-order valence-electron chi connectivity index (χ4n) is 2.91. The number of ether oxygens (including phenoxy) is 2. The molecule has 0 atom stereocenters. The molecule has 0 amide bonds. The van der Waals surface area contributed by atoms with E-state index in [0.717, 1.165) is 0 Å². The largest absolute Gasteiger partial charge is 0.423 e. The Hall–Kier alpha value is -4.16. The average molecular weight is 416 g/mol. The van der Waals surface area contributed by atoms with Gasteiger partial charge >= 0.3 is 6.01 Å². The number of nitrogens with zero attached hydrogens (tertiary/aromatic N) is 6. The lowest BCUT2D eigenvalue weighted by atomic mass is 10.1. The highest BCUT2D eigenvalue weighted by molar-refractivity contribution is 5.76. The molecule has 0 aliphatic rings. The van der Waals surface area contributed by atoms with E-state index in [-0.39, 0.29) is 18.6 Å². The Labute approximate surface area is 177 Å². The van der Waals surface area contributed by atoms with Gasteiger partial charge in [-0.1, -0.05) is 17.3 Å². The SMILES string of the molecule is CCOCn1nnc(-c2ccc(F)cc2)c1-c1ccnc(Oc2ccccc2C#N)n1. The smallest absolute Gasteiger partial charge is 0.322 e. The van der Waals surface area contributed by atoms with Gasteiger partial charge in [-0.15, -0.1) is 5.10 Å². The van der Waals surface area contributed by atoms with E-state index < -0.39 is 0 Å². The van der Waals surface area contributed by atoms with Crippen LogP contribution < -0.4 is 4.74 Å². The van der Waals surface area contributed by atoms with Crippen LogP contribution in [0.4, 0.5) is 4.39 Å². The fraction of sp³-hybridized carbons (Fsp3) is 0.136. The standard InChI is InChI=1S/C22H17FN6O2/c1-2-30-14-29-21(20(27-28-29)15-7-9-17(23)10-8-15)18-11-12-25-22(26-18)31-19-6-4-3-5-16(19)13-24/h3-12H,2,14H2,1H3. The number of hydrogen-bond donors (Lipinski definition) is 0. The highest BCUT2D eigenvalue weighted by Gasteiger charge is 2.19. The Balaban J connectivity index is 1.76. The summed E-state index contributed by atoms with van der Waals surface area (Å²) in [6.07, 6.45) is 1.54. The highest BCUT2D eigenvalue weighted by Crippen LogP contribution is 2.31. The van der Waals surface area contributed by atoms with Gasteiger partial charge in [-0.05, 0) is 49.4 Å². The van der Waals surface area contributed by atoms with Crippen molar-refractivity contribution >= 4 is 0 Å². The van der Waals surface area contributed by atoms with Crippen LogP contribution in [0, 0.1) is 17.1 Å². The van der Waals surface area contributed by atoms with Gasteiger partial charge in [-0.25, -0.2) is 14.1 Å². The summed E-state index contributed by atoms with van der Waals surface area (Å²) < 4.78 is 26.2. The molecule has 8 nitrogen and oxygen atoms in total. The van der Waals surface area contributed by atoms with Crippen LogP contribution in [-0.2, 0) is 11.5 Å². The minimum Gasteiger partial charge on any atom is -0.423 e. The zero-order valence-electron chi connectivity index (χ0n) is 16.6. The lowest BCUT2D eigenvalue weighted by Gasteiger charge is -2.10. The topological polar surface area (TPSA) is 98.7 Å². The van der Waals surface area contributed by atoms with Crippen molar-refractivity contribution in [2.45, 2.75) is 13.7 Å². The molecule has 4 rings (SSSR count). The summed E-state index contributed by atoms with van der Waals surface area (Å²) in [7, 11) is 0.